The lowest BCUT2D eigenvalue weighted by atomic mass is 10.0. The molecule has 0 saturated carbocycles. The number of nitrogens with zero attached hydrogens (tertiary/aromatic N) is 1. The number of aromatic nitrogens is 1. The summed E-state index contributed by atoms with van der Waals surface area (Å²) in [6.45, 7) is 7.22. The van der Waals surface area contributed by atoms with Crippen molar-refractivity contribution >= 4 is 11.3 Å². The van der Waals surface area contributed by atoms with E-state index in [4.69, 9.17) is 0 Å². The molecule has 0 radical (unpaired) electrons. The molecular weight excluding hydrogens is 228 g/mol. The lowest BCUT2D eigenvalue weighted by Gasteiger charge is -2.15. The Morgan fingerprint density at radius 1 is 1.29 bits per heavy atom. The molecule has 1 aromatic carbocycles. The molecule has 1 heterocycles. The number of aryl methyl sites for hydroxylation is 2. The SMILES string of the molecule is Cc1csc(CN[C@@H](C)c2ccccc2C)n1. The Morgan fingerprint density at radius 3 is 2.71 bits per heavy atom. The lowest BCUT2D eigenvalue weighted by molar-refractivity contribution is 0.570. The first-order valence-corrected chi connectivity index (χ1v) is 6.74. The second-order valence-corrected chi connectivity index (χ2v) is 5.28. The fraction of sp³-hybridized carbons (Fsp3) is 0.357. The van der Waals surface area contributed by atoms with E-state index in [-0.39, 0.29) is 0 Å². The first kappa shape index (κ1) is 12.3. The fourth-order valence-corrected chi connectivity index (χ4v) is 2.63. The van der Waals surface area contributed by atoms with Crippen molar-refractivity contribution in [3.8, 4) is 0 Å². The van der Waals surface area contributed by atoms with Crippen molar-refractivity contribution in [2.45, 2.75) is 33.4 Å². The van der Waals surface area contributed by atoms with Crippen LogP contribution in [0, 0.1) is 13.8 Å². The highest BCUT2D eigenvalue weighted by atomic mass is 32.1. The third kappa shape index (κ3) is 3.14. The van der Waals surface area contributed by atoms with Gasteiger partial charge in [0.15, 0.2) is 0 Å². The first-order chi connectivity index (χ1) is 8.16. The molecule has 17 heavy (non-hydrogen) atoms. The van der Waals surface area contributed by atoms with Crippen LogP contribution in [0.25, 0.3) is 0 Å². The number of benzene rings is 1. The molecule has 0 unspecified atom stereocenters. The Labute approximate surface area is 107 Å². The second kappa shape index (κ2) is 5.43. The van der Waals surface area contributed by atoms with Gasteiger partial charge in [-0.3, -0.25) is 0 Å². The minimum atomic E-state index is 0.361. The van der Waals surface area contributed by atoms with E-state index in [1.807, 2.05) is 6.92 Å². The second-order valence-electron chi connectivity index (χ2n) is 4.34. The van der Waals surface area contributed by atoms with E-state index in [1.165, 1.54) is 11.1 Å². The minimum Gasteiger partial charge on any atom is -0.304 e. The molecule has 0 saturated heterocycles. The zero-order chi connectivity index (χ0) is 12.3. The van der Waals surface area contributed by atoms with Crippen LogP contribution < -0.4 is 5.32 Å². The topological polar surface area (TPSA) is 24.9 Å². The largest absolute Gasteiger partial charge is 0.304 e. The molecule has 3 heteroatoms. The number of hydrogen-bond donors (Lipinski definition) is 1. The molecule has 1 aromatic heterocycles. The van der Waals surface area contributed by atoms with Gasteiger partial charge in [0.1, 0.15) is 5.01 Å². The number of hydrogen-bond acceptors (Lipinski definition) is 3. The Morgan fingerprint density at radius 2 is 2.06 bits per heavy atom. The van der Waals surface area contributed by atoms with Crippen LogP contribution in [0.1, 0.15) is 34.8 Å². The molecule has 0 fully saturated rings. The van der Waals surface area contributed by atoms with Gasteiger partial charge in [0.25, 0.3) is 0 Å². The Bertz CT molecular complexity index is 490. The summed E-state index contributed by atoms with van der Waals surface area (Å²) in [6.07, 6.45) is 0. The van der Waals surface area contributed by atoms with Crippen LogP contribution in [0.2, 0.25) is 0 Å². The van der Waals surface area contributed by atoms with E-state index >= 15 is 0 Å². The minimum absolute atomic E-state index is 0.361. The van der Waals surface area contributed by atoms with Gasteiger partial charge >= 0.3 is 0 Å². The Kier molecular flexibility index (Phi) is 3.92. The van der Waals surface area contributed by atoms with Gasteiger partial charge in [0.05, 0.1) is 0 Å². The molecule has 0 amide bonds. The van der Waals surface area contributed by atoms with Crippen molar-refractivity contribution in [1.82, 2.24) is 10.3 Å². The average Bonchev–Trinajstić information content (AvgIpc) is 2.73. The van der Waals surface area contributed by atoms with Crippen LogP contribution in [0.5, 0.6) is 0 Å². The summed E-state index contributed by atoms with van der Waals surface area (Å²) >= 11 is 1.72. The number of thiazole rings is 1. The fourth-order valence-electron chi connectivity index (χ4n) is 1.91. The van der Waals surface area contributed by atoms with E-state index in [0.717, 1.165) is 17.2 Å². The van der Waals surface area contributed by atoms with Crippen molar-refractivity contribution in [3.05, 3.63) is 51.5 Å². The summed E-state index contributed by atoms with van der Waals surface area (Å²) in [4.78, 5) is 4.45. The van der Waals surface area contributed by atoms with Crippen molar-refractivity contribution < 1.29 is 0 Å². The molecule has 2 nitrogen and oxygen atoms in total. The summed E-state index contributed by atoms with van der Waals surface area (Å²) in [5.74, 6) is 0. The van der Waals surface area contributed by atoms with Gasteiger partial charge in [-0.2, -0.15) is 0 Å². The van der Waals surface area contributed by atoms with Crippen molar-refractivity contribution in [2.24, 2.45) is 0 Å². The maximum absolute atomic E-state index is 4.45. The Hall–Kier alpha value is -1.19. The van der Waals surface area contributed by atoms with Crippen molar-refractivity contribution in [1.29, 1.82) is 0 Å². The first-order valence-electron chi connectivity index (χ1n) is 5.86. The van der Waals surface area contributed by atoms with E-state index < -0.39 is 0 Å². The standard InChI is InChI=1S/C14H18N2S/c1-10-6-4-5-7-13(10)12(3)15-8-14-16-11(2)9-17-14/h4-7,9,12,15H,8H2,1-3H3/t12-/m0/s1. The summed E-state index contributed by atoms with van der Waals surface area (Å²) in [7, 11) is 0. The van der Waals surface area contributed by atoms with Crippen LogP contribution in [0.3, 0.4) is 0 Å². The highest BCUT2D eigenvalue weighted by Gasteiger charge is 2.07. The Balaban J connectivity index is 1.98. The van der Waals surface area contributed by atoms with Gasteiger partial charge in [-0.25, -0.2) is 4.98 Å². The molecule has 0 aliphatic rings. The van der Waals surface area contributed by atoms with Gasteiger partial charge in [0.2, 0.25) is 0 Å². The highest BCUT2D eigenvalue weighted by Crippen LogP contribution is 2.17. The van der Waals surface area contributed by atoms with Gasteiger partial charge in [-0.05, 0) is 31.9 Å². The van der Waals surface area contributed by atoms with Gasteiger partial charge in [0, 0.05) is 23.7 Å². The van der Waals surface area contributed by atoms with E-state index in [9.17, 15) is 0 Å². The number of nitrogens with one attached hydrogen (secondary N) is 1. The molecule has 1 atom stereocenters. The smallest absolute Gasteiger partial charge is 0.107 e. The molecular formula is C14H18N2S. The van der Waals surface area contributed by atoms with Crippen LogP contribution in [-0.2, 0) is 6.54 Å². The third-order valence-corrected chi connectivity index (χ3v) is 3.85. The van der Waals surface area contributed by atoms with Crippen molar-refractivity contribution in [2.75, 3.05) is 0 Å². The molecule has 0 aliphatic carbocycles. The summed E-state index contributed by atoms with van der Waals surface area (Å²) in [5.41, 5.74) is 3.80. The normalized spacial score (nSPS) is 12.6. The molecule has 2 aromatic rings. The zero-order valence-corrected chi connectivity index (χ0v) is 11.3. The highest BCUT2D eigenvalue weighted by molar-refractivity contribution is 7.09. The molecule has 1 N–H and O–H groups in total. The molecule has 0 aliphatic heterocycles. The monoisotopic (exact) mass is 246 g/mol. The number of rotatable bonds is 4. The van der Waals surface area contributed by atoms with Crippen molar-refractivity contribution in [3.63, 3.8) is 0 Å². The summed E-state index contributed by atoms with van der Waals surface area (Å²) in [6, 6.07) is 8.87. The van der Waals surface area contributed by atoms with Crippen LogP contribution in [-0.4, -0.2) is 4.98 Å². The predicted molar refractivity (Wildman–Crippen MR) is 73.3 cm³/mol. The predicted octanol–water partition coefficient (Wildman–Crippen LogP) is 3.61. The van der Waals surface area contributed by atoms with Gasteiger partial charge in [-0.1, -0.05) is 24.3 Å². The summed E-state index contributed by atoms with van der Waals surface area (Å²) < 4.78 is 0. The van der Waals surface area contributed by atoms with Crippen LogP contribution in [0.15, 0.2) is 29.6 Å². The quantitative estimate of drug-likeness (QED) is 0.891. The molecule has 90 valence electrons. The average molecular weight is 246 g/mol. The van der Waals surface area contributed by atoms with E-state index in [1.54, 1.807) is 11.3 Å². The zero-order valence-electron chi connectivity index (χ0n) is 10.5. The molecule has 2 rings (SSSR count). The maximum Gasteiger partial charge on any atom is 0.107 e. The van der Waals surface area contributed by atoms with Crippen LogP contribution in [0.4, 0.5) is 0 Å². The van der Waals surface area contributed by atoms with E-state index in [0.29, 0.717) is 6.04 Å². The van der Waals surface area contributed by atoms with Gasteiger partial charge in [-0.15, -0.1) is 11.3 Å². The van der Waals surface area contributed by atoms with E-state index in [2.05, 4.69) is 53.8 Å². The van der Waals surface area contributed by atoms with Gasteiger partial charge < -0.3 is 5.32 Å². The third-order valence-electron chi connectivity index (χ3n) is 2.88. The molecule has 0 bridgehead atoms. The summed E-state index contributed by atoms with van der Waals surface area (Å²) in [5, 5.41) is 6.77. The van der Waals surface area contributed by atoms with Crippen LogP contribution >= 0.6 is 11.3 Å². The lowest BCUT2D eigenvalue weighted by Crippen LogP contribution is -2.18. The maximum atomic E-state index is 4.45. The molecule has 0 spiro atoms.